The average Bonchev–Trinajstić information content (AvgIpc) is 2.55. The van der Waals surface area contributed by atoms with E-state index < -0.39 is 11.7 Å². The Morgan fingerprint density at radius 3 is 2.28 bits per heavy atom. The molecule has 4 nitrogen and oxygen atoms in total. The van der Waals surface area contributed by atoms with Gasteiger partial charge in [0.05, 0.1) is 0 Å². The second-order valence-electron chi connectivity index (χ2n) is 6.42. The molecule has 0 aliphatic rings. The number of carbonyl (C=O) groups is 1. The van der Waals surface area contributed by atoms with Crippen LogP contribution in [0.3, 0.4) is 0 Å². The van der Waals surface area contributed by atoms with E-state index in [0.29, 0.717) is 13.0 Å². The van der Waals surface area contributed by atoms with Gasteiger partial charge in [-0.05, 0) is 57.2 Å². The van der Waals surface area contributed by atoms with Crippen LogP contribution in [0.1, 0.15) is 32.8 Å². The number of para-hydroxylation sites is 1. The maximum absolute atomic E-state index is 11.5. The minimum Gasteiger partial charge on any atom is -0.457 e. The summed E-state index contributed by atoms with van der Waals surface area (Å²) < 4.78 is 10.9. The number of benzene rings is 2. The summed E-state index contributed by atoms with van der Waals surface area (Å²) in [6, 6.07) is 17.2. The lowest BCUT2D eigenvalue weighted by atomic mass is 10.2. The normalized spacial score (nSPS) is 10.4. The van der Waals surface area contributed by atoms with Crippen molar-refractivity contribution in [3.05, 3.63) is 60.2 Å². The molecule has 2 rings (SSSR count). The van der Waals surface area contributed by atoms with Gasteiger partial charge in [0, 0.05) is 18.5 Å². The first-order valence-corrected chi connectivity index (χ1v) is 8.21. The van der Waals surface area contributed by atoms with E-state index in [1.165, 1.54) is 0 Å². The van der Waals surface area contributed by atoms with E-state index in [2.05, 4.69) is 17.2 Å². The van der Waals surface area contributed by atoms with Crippen molar-refractivity contribution in [2.45, 2.75) is 32.8 Å². The van der Waals surface area contributed by atoms with Crippen LogP contribution in [-0.2, 0) is 4.74 Å². The van der Waals surface area contributed by atoms with Crippen molar-refractivity contribution in [3.8, 4) is 23.3 Å². The summed E-state index contributed by atoms with van der Waals surface area (Å²) in [5, 5.41) is 2.68. The van der Waals surface area contributed by atoms with E-state index in [1.54, 1.807) is 0 Å². The van der Waals surface area contributed by atoms with Gasteiger partial charge in [-0.2, -0.15) is 0 Å². The van der Waals surface area contributed by atoms with Crippen LogP contribution in [-0.4, -0.2) is 18.2 Å². The quantitative estimate of drug-likeness (QED) is 0.647. The Hall–Kier alpha value is -2.93. The van der Waals surface area contributed by atoms with E-state index in [4.69, 9.17) is 9.47 Å². The number of ether oxygens (including phenoxy) is 2. The number of amides is 1. The highest BCUT2D eigenvalue weighted by Gasteiger charge is 2.15. The van der Waals surface area contributed by atoms with Gasteiger partial charge in [-0.1, -0.05) is 30.0 Å². The predicted octanol–water partition coefficient (Wildman–Crippen LogP) is 4.75. The van der Waals surface area contributed by atoms with Crippen molar-refractivity contribution >= 4 is 6.09 Å². The molecule has 0 atom stereocenters. The highest BCUT2D eigenvalue weighted by atomic mass is 16.6. The van der Waals surface area contributed by atoms with Crippen LogP contribution in [0, 0.1) is 11.8 Å². The first-order chi connectivity index (χ1) is 11.9. The number of carbonyl (C=O) groups excluding carboxylic acids is 1. The van der Waals surface area contributed by atoms with Crippen molar-refractivity contribution in [2.75, 3.05) is 6.54 Å². The summed E-state index contributed by atoms with van der Waals surface area (Å²) in [7, 11) is 0. The first-order valence-electron chi connectivity index (χ1n) is 8.21. The second-order valence-corrected chi connectivity index (χ2v) is 6.42. The van der Waals surface area contributed by atoms with Gasteiger partial charge in [0.1, 0.15) is 17.1 Å². The third-order valence-electron chi connectivity index (χ3n) is 2.98. The van der Waals surface area contributed by atoms with Crippen LogP contribution < -0.4 is 10.1 Å². The Balaban J connectivity index is 1.76. The molecule has 0 aliphatic heterocycles. The van der Waals surface area contributed by atoms with Crippen molar-refractivity contribution < 1.29 is 14.3 Å². The van der Waals surface area contributed by atoms with Crippen LogP contribution in [0.25, 0.3) is 0 Å². The zero-order valence-electron chi connectivity index (χ0n) is 14.8. The molecule has 0 saturated carbocycles. The maximum Gasteiger partial charge on any atom is 0.407 e. The molecule has 0 bridgehead atoms. The molecule has 2 aromatic carbocycles. The van der Waals surface area contributed by atoms with E-state index >= 15 is 0 Å². The molecule has 0 spiro atoms. The average molecular weight is 337 g/mol. The highest BCUT2D eigenvalue weighted by Crippen LogP contribution is 2.20. The van der Waals surface area contributed by atoms with E-state index in [9.17, 15) is 4.79 Å². The minimum absolute atomic E-state index is 0.420. The van der Waals surface area contributed by atoms with E-state index in [-0.39, 0.29) is 0 Å². The highest BCUT2D eigenvalue weighted by molar-refractivity contribution is 5.67. The number of rotatable bonds is 4. The van der Waals surface area contributed by atoms with Gasteiger partial charge in [-0.3, -0.25) is 0 Å². The summed E-state index contributed by atoms with van der Waals surface area (Å²) in [4.78, 5) is 11.5. The van der Waals surface area contributed by atoms with Crippen LogP contribution in [0.15, 0.2) is 54.6 Å². The Kier molecular flexibility index (Phi) is 6.47. The Labute approximate surface area is 149 Å². The number of hydrogen-bond acceptors (Lipinski definition) is 3. The molecular formula is C21H23NO3. The van der Waals surface area contributed by atoms with Crippen molar-refractivity contribution in [3.63, 3.8) is 0 Å². The molecule has 0 aromatic heterocycles. The number of hydrogen-bond donors (Lipinski definition) is 1. The SMILES string of the molecule is CC(C)(C)OC(=O)NCCC#Cc1ccc(Oc2ccccc2)cc1. The van der Waals surface area contributed by atoms with Gasteiger partial charge < -0.3 is 14.8 Å². The fourth-order valence-corrected chi connectivity index (χ4v) is 1.94. The molecule has 0 heterocycles. The Morgan fingerprint density at radius 1 is 1.00 bits per heavy atom. The summed E-state index contributed by atoms with van der Waals surface area (Å²) in [5.74, 6) is 7.66. The summed E-state index contributed by atoms with van der Waals surface area (Å²) in [6.07, 6.45) is 0.137. The largest absolute Gasteiger partial charge is 0.457 e. The zero-order valence-corrected chi connectivity index (χ0v) is 14.8. The van der Waals surface area contributed by atoms with E-state index in [1.807, 2.05) is 75.4 Å². The number of alkyl carbamates (subject to hydrolysis) is 1. The van der Waals surface area contributed by atoms with Gasteiger partial charge >= 0.3 is 6.09 Å². The molecule has 0 saturated heterocycles. The third-order valence-corrected chi connectivity index (χ3v) is 2.98. The van der Waals surface area contributed by atoms with Crippen molar-refractivity contribution in [2.24, 2.45) is 0 Å². The summed E-state index contributed by atoms with van der Waals surface area (Å²) in [6.45, 7) is 5.95. The number of nitrogens with one attached hydrogen (secondary N) is 1. The molecule has 1 amide bonds. The minimum atomic E-state index is -0.487. The Bertz CT molecular complexity index is 735. The zero-order chi connectivity index (χ0) is 18.1. The topological polar surface area (TPSA) is 47.6 Å². The molecule has 0 aliphatic carbocycles. The maximum atomic E-state index is 11.5. The molecule has 0 unspecified atom stereocenters. The standard InChI is InChI=1S/C21H23NO3/c1-21(2,3)25-20(23)22-16-8-7-9-17-12-14-19(15-13-17)24-18-10-5-4-6-11-18/h4-6,10-15H,8,16H2,1-3H3,(H,22,23). The molecule has 25 heavy (non-hydrogen) atoms. The fraction of sp³-hybridized carbons (Fsp3) is 0.286. The molecule has 130 valence electrons. The van der Waals surface area contributed by atoms with Crippen LogP contribution in [0.5, 0.6) is 11.5 Å². The fourth-order valence-electron chi connectivity index (χ4n) is 1.94. The van der Waals surface area contributed by atoms with Crippen molar-refractivity contribution in [1.29, 1.82) is 0 Å². The summed E-state index contributed by atoms with van der Waals surface area (Å²) >= 11 is 0. The monoisotopic (exact) mass is 337 g/mol. The summed E-state index contributed by atoms with van der Waals surface area (Å²) in [5.41, 5.74) is 0.414. The molecular weight excluding hydrogens is 314 g/mol. The van der Waals surface area contributed by atoms with E-state index in [0.717, 1.165) is 17.1 Å². The Morgan fingerprint density at radius 2 is 1.64 bits per heavy atom. The predicted molar refractivity (Wildman–Crippen MR) is 98.7 cm³/mol. The van der Waals surface area contributed by atoms with Gasteiger partial charge in [0.25, 0.3) is 0 Å². The lowest BCUT2D eigenvalue weighted by Gasteiger charge is -2.19. The van der Waals surface area contributed by atoms with Gasteiger partial charge in [-0.15, -0.1) is 0 Å². The lowest BCUT2D eigenvalue weighted by molar-refractivity contribution is 0.0529. The van der Waals surface area contributed by atoms with Crippen LogP contribution in [0.4, 0.5) is 4.79 Å². The van der Waals surface area contributed by atoms with Gasteiger partial charge in [0.2, 0.25) is 0 Å². The van der Waals surface area contributed by atoms with Crippen LogP contribution >= 0.6 is 0 Å². The molecule has 4 heteroatoms. The van der Waals surface area contributed by atoms with Crippen molar-refractivity contribution in [1.82, 2.24) is 5.32 Å². The van der Waals surface area contributed by atoms with Crippen LogP contribution in [0.2, 0.25) is 0 Å². The molecule has 0 radical (unpaired) electrons. The molecule has 2 aromatic rings. The molecule has 1 N–H and O–H groups in total. The lowest BCUT2D eigenvalue weighted by Crippen LogP contribution is -2.32. The van der Waals surface area contributed by atoms with Gasteiger partial charge in [-0.25, -0.2) is 4.79 Å². The third kappa shape index (κ3) is 7.45. The van der Waals surface area contributed by atoms with Gasteiger partial charge in [0.15, 0.2) is 0 Å². The first kappa shape index (κ1) is 18.4. The molecule has 0 fully saturated rings. The second kappa shape index (κ2) is 8.79. The smallest absolute Gasteiger partial charge is 0.407 e.